The minimum absolute atomic E-state index is 0.0337. The second kappa shape index (κ2) is 5.23. The fraction of sp³-hybridized carbons (Fsp3) is 0.214. The Kier molecular flexibility index (Phi) is 3.67. The Balaban J connectivity index is 2.43. The van der Waals surface area contributed by atoms with Gasteiger partial charge in [-0.3, -0.25) is 4.79 Å². The van der Waals surface area contributed by atoms with Crippen molar-refractivity contribution in [1.82, 2.24) is 5.32 Å². The number of anilines is 1. The molecule has 0 fully saturated rings. The third-order valence-corrected chi connectivity index (χ3v) is 3.83. The van der Waals surface area contributed by atoms with Crippen LogP contribution in [0.4, 0.5) is 5.69 Å². The van der Waals surface area contributed by atoms with Gasteiger partial charge in [0.1, 0.15) is 0 Å². The number of hydrogen-bond acceptors (Lipinski definition) is 3. The first-order valence-electron chi connectivity index (χ1n) is 5.72. The van der Waals surface area contributed by atoms with Crippen LogP contribution in [-0.4, -0.2) is 27.1 Å². The van der Waals surface area contributed by atoms with E-state index in [1.165, 1.54) is 11.3 Å². The number of thiophene rings is 1. The minimum atomic E-state index is -0.0337. The molecule has 2 rings (SSSR count). The predicted molar refractivity (Wildman–Crippen MR) is 77.5 cm³/mol. The number of para-hydroxylation sites is 1. The van der Waals surface area contributed by atoms with Crippen LogP contribution in [0, 0.1) is 0 Å². The van der Waals surface area contributed by atoms with E-state index in [2.05, 4.69) is 22.3 Å². The van der Waals surface area contributed by atoms with Gasteiger partial charge in [0.25, 0.3) is 5.91 Å². The first-order chi connectivity index (χ1) is 8.63. The molecule has 0 atom stereocenters. The molecule has 2 aromatic rings. The van der Waals surface area contributed by atoms with E-state index in [-0.39, 0.29) is 5.91 Å². The molecule has 0 bridgehead atoms. The molecule has 3 nitrogen and oxygen atoms in total. The van der Waals surface area contributed by atoms with Gasteiger partial charge in [-0.2, -0.15) is 0 Å². The fourth-order valence-corrected chi connectivity index (χ4v) is 2.79. The molecule has 18 heavy (non-hydrogen) atoms. The van der Waals surface area contributed by atoms with Crippen molar-refractivity contribution in [3.63, 3.8) is 0 Å². The molecule has 1 heterocycles. The summed E-state index contributed by atoms with van der Waals surface area (Å²) >= 11 is 1.51. The van der Waals surface area contributed by atoms with Gasteiger partial charge in [-0.1, -0.05) is 18.2 Å². The van der Waals surface area contributed by atoms with Gasteiger partial charge in [0.05, 0.1) is 4.88 Å². The molecular formula is C14H16N2OS. The Hall–Kier alpha value is -1.81. The quantitative estimate of drug-likeness (QED) is 0.920. The Morgan fingerprint density at radius 1 is 1.17 bits per heavy atom. The summed E-state index contributed by atoms with van der Waals surface area (Å²) in [6.07, 6.45) is 0. The number of hydrogen-bond donors (Lipinski definition) is 1. The summed E-state index contributed by atoms with van der Waals surface area (Å²) in [5.41, 5.74) is 2.31. The van der Waals surface area contributed by atoms with Crippen molar-refractivity contribution in [3.05, 3.63) is 41.3 Å². The van der Waals surface area contributed by atoms with E-state index < -0.39 is 0 Å². The Morgan fingerprint density at radius 2 is 1.89 bits per heavy atom. The lowest BCUT2D eigenvalue weighted by atomic mass is 10.1. The van der Waals surface area contributed by atoms with Gasteiger partial charge in [-0.15, -0.1) is 11.3 Å². The van der Waals surface area contributed by atoms with Gasteiger partial charge >= 0.3 is 0 Å². The number of carbonyl (C=O) groups excluding carboxylic acids is 1. The monoisotopic (exact) mass is 260 g/mol. The lowest BCUT2D eigenvalue weighted by Gasteiger charge is -2.16. The molecule has 0 saturated carbocycles. The van der Waals surface area contributed by atoms with Crippen molar-refractivity contribution < 1.29 is 4.79 Å². The van der Waals surface area contributed by atoms with Crippen LogP contribution in [0.15, 0.2) is 36.4 Å². The fourth-order valence-electron chi connectivity index (χ4n) is 1.80. The molecule has 1 aromatic heterocycles. The number of nitrogens with zero attached hydrogens (tertiary/aromatic N) is 1. The van der Waals surface area contributed by atoms with Gasteiger partial charge in [-0.25, -0.2) is 0 Å². The number of nitrogens with one attached hydrogen (secondary N) is 1. The third-order valence-electron chi connectivity index (χ3n) is 2.71. The largest absolute Gasteiger partial charge is 0.377 e. The van der Waals surface area contributed by atoms with Gasteiger partial charge in [0.15, 0.2) is 0 Å². The highest BCUT2D eigenvalue weighted by atomic mass is 32.1. The molecular weight excluding hydrogens is 244 g/mol. The molecule has 4 heteroatoms. The van der Waals surface area contributed by atoms with Crippen LogP contribution in [0.2, 0.25) is 0 Å². The summed E-state index contributed by atoms with van der Waals surface area (Å²) in [6.45, 7) is 0. The second-order valence-electron chi connectivity index (χ2n) is 4.15. The van der Waals surface area contributed by atoms with E-state index in [4.69, 9.17) is 0 Å². The standard InChI is InChI=1S/C14H16N2OS/c1-15-14(17)13-9-8-12(18-13)10-6-4-5-7-11(10)16(2)3/h4-9H,1-3H3,(H,15,17). The molecule has 1 amide bonds. The van der Waals surface area contributed by atoms with E-state index >= 15 is 0 Å². The first-order valence-corrected chi connectivity index (χ1v) is 6.53. The first kappa shape index (κ1) is 12.6. The highest BCUT2D eigenvalue weighted by Crippen LogP contribution is 2.34. The van der Waals surface area contributed by atoms with E-state index in [9.17, 15) is 4.79 Å². The van der Waals surface area contributed by atoms with Gasteiger partial charge in [-0.05, 0) is 18.2 Å². The Morgan fingerprint density at radius 3 is 2.56 bits per heavy atom. The highest BCUT2D eigenvalue weighted by Gasteiger charge is 2.11. The van der Waals surface area contributed by atoms with Crippen LogP contribution in [0.25, 0.3) is 10.4 Å². The normalized spacial score (nSPS) is 10.2. The third kappa shape index (κ3) is 2.38. The van der Waals surface area contributed by atoms with Crippen LogP contribution in [0.3, 0.4) is 0 Å². The summed E-state index contributed by atoms with van der Waals surface area (Å²) in [5.74, 6) is -0.0337. The molecule has 0 radical (unpaired) electrons. The molecule has 0 aliphatic heterocycles. The topological polar surface area (TPSA) is 32.3 Å². The van der Waals surface area contributed by atoms with Crippen molar-refractivity contribution in [3.8, 4) is 10.4 Å². The number of rotatable bonds is 3. The zero-order valence-corrected chi connectivity index (χ0v) is 11.5. The maximum atomic E-state index is 11.6. The van der Waals surface area contributed by atoms with Crippen molar-refractivity contribution in [2.75, 3.05) is 26.0 Å². The Labute approximate surface area is 111 Å². The second-order valence-corrected chi connectivity index (χ2v) is 5.24. The molecule has 0 aliphatic rings. The summed E-state index contributed by atoms with van der Waals surface area (Å²) in [6, 6.07) is 12.1. The number of amides is 1. The summed E-state index contributed by atoms with van der Waals surface area (Å²) in [5, 5.41) is 2.64. The summed E-state index contributed by atoms with van der Waals surface area (Å²) < 4.78 is 0. The average Bonchev–Trinajstić information content (AvgIpc) is 2.87. The predicted octanol–water partition coefficient (Wildman–Crippen LogP) is 2.84. The smallest absolute Gasteiger partial charge is 0.261 e. The van der Waals surface area contributed by atoms with Crippen molar-refractivity contribution >= 4 is 22.9 Å². The maximum Gasteiger partial charge on any atom is 0.261 e. The van der Waals surface area contributed by atoms with E-state index in [1.807, 2.05) is 38.4 Å². The summed E-state index contributed by atoms with van der Waals surface area (Å²) in [7, 11) is 5.69. The molecule has 0 saturated heterocycles. The lowest BCUT2D eigenvalue weighted by Crippen LogP contribution is -2.15. The van der Waals surface area contributed by atoms with Crippen molar-refractivity contribution in [1.29, 1.82) is 0 Å². The van der Waals surface area contributed by atoms with Gasteiger partial charge < -0.3 is 10.2 Å². The number of carbonyl (C=O) groups is 1. The highest BCUT2D eigenvalue weighted by molar-refractivity contribution is 7.17. The average molecular weight is 260 g/mol. The van der Waals surface area contributed by atoms with E-state index in [0.717, 1.165) is 21.0 Å². The Bertz CT molecular complexity index is 560. The van der Waals surface area contributed by atoms with Crippen molar-refractivity contribution in [2.45, 2.75) is 0 Å². The van der Waals surface area contributed by atoms with Crippen LogP contribution < -0.4 is 10.2 Å². The molecule has 1 N–H and O–H groups in total. The zero-order chi connectivity index (χ0) is 13.1. The SMILES string of the molecule is CNC(=O)c1ccc(-c2ccccc2N(C)C)s1. The van der Waals surface area contributed by atoms with Gasteiger partial charge in [0, 0.05) is 37.3 Å². The number of benzene rings is 1. The lowest BCUT2D eigenvalue weighted by molar-refractivity contribution is 0.0967. The van der Waals surface area contributed by atoms with Crippen LogP contribution in [-0.2, 0) is 0 Å². The molecule has 1 aromatic carbocycles. The molecule has 0 unspecified atom stereocenters. The minimum Gasteiger partial charge on any atom is -0.377 e. The van der Waals surface area contributed by atoms with E-state index in [0.29, 0.717) is 0 Å². The van der Waals surface area contributed by atoms with Crippen molar-refractivity contribution in [2.24, 2.45) is 0 Å². The molecule has 0 spiro atoms. The van der Waals surface area contributed by atoms with Crippen LogP contribution >= 0.6 is 11.3 Å². The molecule has 94 valence electrons. The van der Waals surface area contributed by atoms with Crippen LogP contribution in [0.5, 0.6) is 0 Å². The van der Waals surface area contributed by atoms with E-state index in [1.54, 1.807) is 7.05 Å². The maximum absolute atomic E-state index is 11.6. The summed E-state index contributed by atoms with van der Waals surface area (Å²) in [4.78, 5) is 15.5. The van der Waals surface area contributed by atoms with Gasteiger partial charge in [0.2, 0.25) is 0 Å². The zero-order valence-electron chi connectivity index (χ0n) is 10.7. The molecule has 0 aliphatic carbocycles. The van der Waals surface area contributed by atoms with Crippen LogP contribution in [0.1, 0.15) is 9.67 Å².